The zero-order valence-corrected chi connectivity index (χ0v) is 12.1. The van der Waals surface area contributed by atoms with Crippen molar-refractivity contribution < 1.29 is 19.6 Å². The molecule has 13 nitrogen and oxygen atoms in total. The maximum atomic E-state index is 12.0. The summed E-state index contributed by atoms with van der Waals surface area (Å²) in [5, 5.41) is 32.1. The Labute approximate surface area is 137 Å². The average molecular weight is 348 g/mol. The van der Waals surface area contributed by atoms with Gasteiger partial charge in [-0.2, -0.15) is 0 Å². The van der Waals surface area contributed by atoms with Gasteiger partial charge < -0.3 is 0 Å². The Morgan fingerprint density at radius 2 is 1.44 bits per heavy atom. The van der Waals surface area contributed by atoms with Gasteiger partial charge in [-0.05, 0) is 6.07 Å². The van der Waals surface area contributed by atoms with Crippen LogP contribution >= 0.6 is 0 Å². The number of amides is 1. The van der Waals surface area contributed by atoms with E-state index >= 15 is 0 Å². The van der Waals surface area contributed by atoms with Crippen LogP contribution < -0.4 is 10.9 Å². The number of carbonyl (C=O) groups excluding carboxylic acids is 1. The van der Waals surface area contributed by atoms with E-state index in [1.54, 1.807) is 0 Å². The van der Waals surface area contributed by atoms with Crippen LogP contribution in [-0.4, -0.2) is 25.7 Å². The predicted octanol–water partition coefficient (Wildman–Crippen LogP) is 1.56. The molecule has 0 aliphatic rings. The van der Waals surface area contributed by atoms with E-state index in [1.807, 2.05) is 0 Å². The van der Waals surface area contributed by atoms with Crippen molar-refractivity contribution in [2.24, 2.45) is 0 Å². The molecule has 0 saturated carbocycles. The molecular weight excluding hydrogens is 340 g/mol. The second-order valence-corrected chi connectivity index (χ2v) is 4.49. The summed E-state index contributed by atoms with van der Waals surface area (Å²) in [4.78, 5) is 45.4. The smallest absolute Gasteiger partial charge is 0.282 e. The Bertz CT molecular complexity index is 835. The van der Waals surface area contributed by atoms with E-state index in [-0.39, 0.29) is 17.1 Å². The van der Waals surface area contributed by atoms with Crippen molar-refractivity contribution in [2.75, 3.05) is 5.43 Å². The summed E-state index contributed by atoms with van der Waals surface area (Å²) in [6.07, 6.45) is 0.951. The van der Waals surface area contributed by atoms with Crippen molar-refractivity contribution in [1.29, 1.82) is 0 Å². The van der Waals surface area contributed by atoms with Gasteiger partial charge in [-0.25, -0.2) is 4.98 Å². The van der Waals surface area contributed by atoms with Crippen LogP contribution in [0.2, 0.25) is 0 Å². The van der Waals surface area contributed by atoms with Crippen LogP contribution in [0.4, 0.5) is 22.9 Å². The summed E-state index contributed by atoms with van der Waals surface area (Å²) < 4.78 is 0. The van der Waals surface area contributed by atoms with E-state index < -0.39 is 32.1 Å². The van der Waals surface area contributed by atoms with Crippen molar-refractivity contribution in [3.05, 3.63) is 72.4 Å². The number of anilines is 1. The predicted molar refractivity (Wildman–Crippen MR) is 81.7 cm³/mol. The molecule has 0 spiro atoms. The zero-order chi connectivity index (χ0) is 18.6. The largest absolute Gasteiger partial charge is 0.287 e. The highest BCUT2D eigenvalue weighted by Crippen LogP contribution is 2.22. The normalized spacial score (nSPS) is 9.92. The molecule has 1 aromatic heterocycles. The Balaban J connectivity index is 2.16. The Hall–Kier alpha value is -4.16. The number of hydrogen-bond acceptors (Lipinski definition) is 9. The van der Waals surface area contributed by atoms with Gasteiger partial charge >= 0.3 is 0 Å². The minimum absolute atomic E-state index is 0.0545. The number of nitro groups is 3. The van der Waals surface area contributed by atoms with Gasteiger partial charge in [0.1, 0.15) is 12.0 Å². The van der Waals surface area contributed by atoms with Crippen LogP contribution in [0.3, 0.4) is 0 Å². The van der Waals surface area contributed by atoms with Gasteiger partial charge in [0.25, 0.3) is 23.0 Å². The molecule has 1 aromatic carbocycles. The van der Waals surface area contributed by atoms with Crippen LogP contribution in [0.5, 0.6) is 0 Å². The molecule has 0 radical (unpaired) electrons. The molecule has 128 valence electrons. The molecule has 0 aliphatic carbocycles. The van der Waals surface area contributed by atoms with E-state index in [2.05, 4.69) is 15.8 Å². The number of nitrogens with zero attached hydrogens (tertiary/aromatic N) is 4. The summed E-state index contributed by atoms with van der Waals surface area (Å²) in [5.74, 6) is -0.842. The number of hydrazine groups is 1. The average Bonchev–Trinajstić information content (AvgIpc) is 2.59. The fourth-order valence-corrected chi connectivity index (χ4v) is 1.70. The molecule has 2 aromatic rings. The number of hydrogen-bond donors (Lipinski definition) is 2. The van der Waals surface area contributed by atoms with E-state index in [4.69, 9.17) is 0 Å². The van der Waals surface area contributed by atoms with Crippen molar-refractivity contribution in [2.45, 2.75) is 0 Å². The first-order valence-corrected chi connectivity index (χ1v) is 6.38. The third-order valence-electron chi connectivity index (χ3n) is 2.85. The van der Waals surface area contributed by atoms with E-state index in [1.165, 1.54) is 6.07 Å². The first kappa shape index (κ1) is 17.2. The van der Waals surface area contributed by atoms with Gasteiger partial charge in [0.05, 0.1) is 26.4 Å². The fourth-order valence-electron chi connectivity index (χ4n) is 1.70. The molecule has 1 amide bonds. The highest BCUT2D eigenvalue weighted by molar-refractivity contribution is 5.96. The van der Waals surface area contributed by atoms with Gasteiger partial charge in [-0.15, -0.1) is 0 Å². The lowest BCUT2D eigenvalue weighted by molar-refractivity contribution is -0.394. The number of aromatic nitrogens is 1. The van der Waals surface area contributed by atoms with Gasteiger partial charge in [0.2, 0.25) is 0 Å². The van der Waals surface area contributed by atoms with Crippen molar-refractivity contribution in [3.8, 4) is 0 Å². The zero-order valence-electron chi connectivity index (χ0n) is 12.1. The lowest BCUT2D eigenvalue weighted by Gasteiger charge is -2.07. The Morgan fingerprint density at radius 1 is 0.880 bits per heavy atom. The molecule has 0 unspecified atom stereocenters. The van der Waals surface area contributed by atoms with Gasteiger partial charge in [-0.1, -0.05) is 0 Å². The van der Waals surface area contributed by atoms with Gasteiger partial charge in [0, 0.05) is 18.2 Å². The van der Waals surface area contributed by atoms with Crippen molar-refractivity contribution >= 4 is 28.8 Å². The third kappa shape index (κ3) is 4.19. The second kappa shape index (κ2) is 6.95. The number of pyridine rings is 1. The molecule has 0 bridgehead atoms. The number of nitrogens with one attached hydrogen (secondary N) is 2. The number of nitro benzene ring substituents is 2. The molecule has 2 N–H and O–H groups in total. The second-order valence-electron chi connectivity index (χ2n) is 4.49. The molecule has 0 atom stereocenters. The summed E-state index contributed by atoms with van der Waals surface area (Å²) in [6, 6.07) is 4.82. The highest BCUT2D eigenvalue weighted by Gasteiger charge is 2.19. The maximum absolute atomic E-state index is 12.0. The lowest BCUT2D eigenvalue weighted by Crippen LogP contribution is -2.29. The maximum Gasteiger partial charge on any atom is 0.287 e. The Kier molecular flexibility index (Phi) is 4.78. The summed E-state index contributed by atoms with van der Waals surface area (Å²) in [5.41, 5.74) is 2.65. The quantitative estimate of drug-likeness (QED) is 0.577. The van der Waals surface area contributed by atoms with Crippen LogP contribution in [0, 0.1) is 30.3 Å². The molecular formula is C12H8N6O7. The summed E-state index contributed by atoms with van der Waals surface area (Å²) >= 11 is 0. The molecule has 2 rings (SSSR count). The van der Waals surface area contributed by atoms with E-state index in [0.29, 0.717) is 0 Å². The SMILES string of the molecule is O=C(NNc1ccc([N+](=O)[O-])cn1)c1cc([N+](=O)[O-])cc([N+](=O)[O-])c1. The van der Waals surface area contributed by atoms with Crippen molar-refractivity contribution in [1.82, 2.24) is 10.4 Å². The number of non-ortho nitro benzene ring substituents is 2. The molecule has 0 saturated heterocycles. The number of carbonyl (C=O) groups is 1. The fraction of sp³-hybridized carbons (Fsp3) is 0. The van der Waals surface area contributed by atoms with Crippen LogP contribution in [0.15, 0.2) is 36.5 Å². The van der Waals surface area contributed by atoms with Crippen LogP contribution in [0.1, 0.15) is 10.4 Å². The first-order chi connectivity index (χ1) is 11.8. The molecule has 0 fully saturated rings. The third-order valence-corrected chi connectivity index (χ3v) is 2.85. The Morgan fingerprint density at radius 3 is 1.88 bits per heavy atom. The van der Waals surface area contributed by atoms with Crippen LogP contribution in [-0.2, 0) is 0 Å². The minimum Gasteiger partial charge on any atom is -0.282 e. The molecule has 13 heteroatoms. The van der Waals surface area contributed by atoms with Crippen LogP contribution in [0.25, 0.3) is 0 Å². The summed E-state index contributed by atoms with van der Waals surface area (Å²) in [7, 11) is 0. The number of rotatable bonds is 6. The topological polar surface area (TPSA) is 183 Å². The molecule has 25 heavy (non-hydrogen) atoms. The standard InChI is InChI=1S/C12H8N6O7/c19-12(15-14-11-2-1-8(6-13-11)16(20)21)7-3-9(17(22)23)5-10(4-7)18(24)25/h1-6H,(H,13,14)(H,15,19). The van der Waals surface area contributed by atoms with E-state index in [9.17, 15) is 35.1 Å². The van der Waals surface area contributed by atoms with E-state index in [0.717, 1.165) is 30.5 Å². The molecule has 1 heterocycles. The van der Waals surface area contributed by atoms with Gasteiger partial charge in [-0.3, -0.25) is 46.0 Å². The number of benzene rings is 1. The summed E-state index contributed by atoms with van der Waals surface area (Å²) in [6.45, 7) is 0. The first-order valence-electron chi connectivity index (χ1n) is 6.38. The molecule has 0 aliphatic heterocycles. The van der Waals surface area contributed by atoms with Gasteiger partial charge in [0.15, 0.2) is 0 Å². The van der Waals surface area contributed by atoms with Crippen molar-refractivity contribution in [3.63, 3.8) is 0 Å². The monoisotopic (exact) mass is 348 g/mol. The minimum atomic E-state index is -0.896. The lowest BCUT2D eigenvalue weighted by atomic mass is 10.1. The highest BCUT2D eigenvalue weighted by atomic mass is 16.6.